The molecule has 72 valence electrons. The monoisotopic (exact) mass is 209 g/mol. The van der Waals surface area contributed by atoms with Crippen molar-refractivity contribution >= 4 is 11.6 Å². The largest absolute Gasteiger partial charge is 0.325 e. The summed E-state index contributed by atoms with van der Waals surface area (Å²) in [5, 5.41) is -0.183. The number of hydrogen-bond donors (Lipinski definition) is 1. The number of alkyl halides is 2. The van der Waals surface area contributed by atoms with Crippen molar-refractivity contribution in [2.24, 2.45) is 5.73 Å². The quantitative estimate of drug-likeness (QED) is 0.796. The second-order valence-electron chi connectivity index (χ2n) is 2.53. The van der Waals surface area contributed by atoms with E-state index in [0.29, 0.717) is 6.07 Å². The molecule has 0 radical (unpaired) electrons. The lowest BCUT2D eigenvalue weighted by molar-refractivity contribution is 0.00577. The normalized spacial score (nSPS) is 11.8. The molecule has 0 saturated heterocycles. The van der Waals surface area contributed by atoms with E-state index in [1.165, 1.54) is 0 Å². The molecule has 0 amide bonds. The van der Waals surface area contributed by atoms with Crippen molar-refractivity contribution < 1.29 is 13.2 Å². The van der Waals surface area contributed by atoms with Crippen LogP contribution in [0.1, 0.15) is 5.56 Å². The first-order chi connectivity index (χ1) is 5.97. The highest BCUT2D eigenvalue weighted by Gasteiger charge is 2.32. The molecule has 0 aliphatic heterocycles. The molecule has 0 aromatic heterocycles. The zero-order valence-electron chi connectivity index (χ0n) is 6.53. The molecular weight excluding hydrogens is 203 g/mol. The predicted molar refractivity (Wildman–Crippen MR) is 44.4 cm³/mol. The van der Waals surface area contributed by atoms with E-state index in [0.717, 1.165) is 12.1 Å². The summed E-state index contributed by atoms with van der Waals surface area (Å²) in [6.07, 6.45) is 0. The van der Waals surface area contributed by atoms with Crippen molar-refractivity contribution in [2.45, 2.75) is 5.92 Å². The van der Waals surface area contributed by atoms with Gasteiger partial charge in [-0.15, -0.1) is 0 Å². The van der Waals surface area contributed by atoms with E-state index in [-0.39, 0.29) is 5.02 Å². The van der Waals surface area contributed by atoms with Gasteiger partial charge in [0.1, 0.15) is 5.82 Å². The first-order valence-electron chi connectivity index (χ1n) is 3.51. The number of hydrogen-bond acceptors (Lipinski definition) is 1. The Labute approximate surface area is 78.3 Å². The molecule has 2 N–H and O–H groups in total. The van der Waals surface area contributed by atoms with Gasteiger partial charge in [-0.3, -0.25) is 0 Å². The average Bonchev–Trinajstić information content (AvgIpc) is 2.09. The Kier molecular flexibility index (Phi) is 2.83. The lowest BCUT2D eigenvalue weighted by atomic mass is 10.1. The van der Waals surface area contributed by atoms with Crippen LogP contribution in [-0.2, 0) is 5.92 Å². The molecule has 0 aliphatic rings. The van der Waals surface area contributed by atoms with Gasteiger partial charge in [0.05, 0.1) is 11.6 Å². The van der Waals surface area contributed by atoms with E-state index >= 15 is 0 Å². The zero-order valence-corrected chi connectivity index (χ0v) is 7.28. The maximum Gasteiger partial charge on any atom is 0.286 e. The fourth-order valence-electron chi connectivity index (χ4n) is 0.888. The van der Waals surface area contributed by atoms with Gasteiger partial charge in [-0.05, 0) is 18.2 Å². The molecule has 13 heavy (non-hydrogen) atoms. The maximum atomic E-state index is 12.9. The highest BCUT2D eigenvalue weighted by Crippen LogP contribution is 2.32. The van der Waals surface area contributed by atoms with E-state index in [2.05, 4.69) is 0 Å². The van der Waals surface area contributed by atoms with Crippen LogP contribution in [0.3, 0.4) is 0 Å². The Morgan fingerprint density at radius 3 is 2.54 bits per heavy atom. The third kappa shape index (κ3) is 2.14. The summed E-state index contributed by atoms with van der Waals surface area (Å²) in [5.41, 5.74) is 4.25. The van der Waals surface area contributed by atoms with Crippen LogP contribution in [0.2, 0.25) is 5.02 Å². The van der Waals surface area contributed by atoms with Gasteiger partial charge in [-0.1, -0.05) is 11.6 Å². The fraction of sp³-hybridized carbons (Fsp3) is 0.250. The van der Waals surface area contributed by atoms with Gasteiger partial charge in [0.25, 0.3) is 5.92 Å². The van der Waals surface area contributed by atoms with E-state index in [4.69, 9.17) is 17.3 Å². The SMILES string of the molecule is NCC(F)(F)c1cc(F)ccc1Cl. The smallest absolute Gasteiger partial charge is 0.286 e. The summed E-state index contributed by atoms with van der Waals surface area (Å²) in [6.45, 7) is -0.893. The molecule has 0 heterocycles. The molecule has 5 heteroatoms. The van der Waals surface area contributed by atoms with Crippen molar-refractivity contribution in [3.8, 4) is 0 Å². The van der Waals surface area contributed by atoms with E-state index in [1.807, 2.05) is 0 Å². The molecule has 0 spiro atoms. The van der Waals surface area contributed by atoms with Gasteiger partial charge < -0.3 is 5.73 Å². The second-order valence-corrected chi connectivity index (χ2v) is 2.94. The standard InChI is InChI=1S/C8H7ClF3N/c9-7-2-1-5(10)3-6(7)8(11,12)4-13/h1-3H,4,13H2. The molecule has 1 rings (SSSR count). The van der Waals surface area contributed by atoms with Crippen molar-refractivity contribution in [2.75, 3.05) is 6.54 Å². The first kappa shape index (κ1) is 10.3. The molecule has 0 aliphatic carbocycles. The van der Waals surface area contributed by atoms with Gasteiger partial charge in [-0.25, -0.2) is 4.39 Å². The molecule has 0 saturated carbocycles. The van der Waals surface area contributed by atoms with Crippen molar-refractivity contribution in [3.05, 3.63) is 34.6 Å². The van der Waals surface area contributed by atoms with Crippen LogP contribution in [0.15, 0.2) is 18.2 Å². The van der Waals surface area contributed by atoms with Gasteiger partial charge >= 0.3 is 0 Å². The number of benzene rings is 1. The molecule has 0 atom stereocenters. The summed E-state index contributed by atoms with van der Waals surface area (Å²) in [4.78, 5) is 0. The third-order valence-corrected chi connectivity index (χ3v) is 1.91. The van der Waals surface area contributed by atoms with E-state index < -0.39 is 23.8 Å². The fourth-order valence-corrected chi connectivity index (χ4v) is 1.14. The highest BCUT2D eigenvalue weighted by atomic mass is 35.5. The van der Waals surface area contributed by atoms with Gasteiger partial charge in [0.2, 0.25) is 0 Å². The summed E-state index contributed by atoms with van der Waals surface area (Å²) < 4.78 is 38.5. The van der Waals surface area contributed by atoms with Crippen LogP contribution in [0.5, 0.6) is 0 Å². The Bertz CT molecular complexity index is 314. The maximum absolute atomic E-state index is 12.9. The Morgan fingerprint density at radius 1 is 1.38 bits per heavy atom. The van der Waals surface area contributed by atoms with Gasteiger partial charge in [0, 0.05) is 5.56 Å². The second kappa shape index (κ2) is 3.55. The van der Waals surface area contributed by atoms with Crippen LogP contribution >= 0.6 is 11.6 Å². The third-order valence-electron chi connectivity index (χ3n) is 1.58. The van der Waals surface area contributed by atoms with Crippen LogP contribution in [0, 0.1) is 5.82 Å². The summed E-state index contributed by atoms with van der Waals surface area (Å²) in [6, 6.07) is 2.78. The van der Waals surface area contributed by atoms with Crippen LogP contribution in [0.25, 0.3) is 0 Å². The van der Waals surface area contributed by atoms with Crippen molar-refractivity contribution in [3.63, 3.8) is 0 Å². The molecule has 1 aromatic carbocycles. The minimum Gasteiger partial charge on any atom is -0.325 e. The number of rotatable bonds is 2. The summed E-state index contributed by atoms with van der Waals surface area (Å²) in [7, 11) is 0. The summed E-state index contributed by atoms with van der Waals surface area (Å²) in [5.74, 6) is -4.04. The average molecular weight is 210 g/mol. The number of nitrogens with two attached hydrogens (primary N) is 1. The first-order valence-corrected chi connectivity index (χ1v) is 3.88. The molecule has 0 fully saturated rings. The van der Waals surface area contributed by atoms with Crippen LogP contribution < -0.4 is 5.73 Å². The van der Waals surface area contributed by atoms with Crippen molar-refractivity contribution in [1.29, 1.82) is 0 Å². The Balaban J connectivity index is 3.20. The van der Waals surface area contributed by atoms with E-state index in [9.17, 15) is 13.2 Å². The highest BCUT2D eigenvalue weighted by molar-refractivity contribution is 6.31. The van der Waals surface area contributed by atoms with Gasteiger partial charge in [0.15, 0.2) is 0 Å². The van der Waals surface area contributed by atoms with Crippen LogP contribution in [-0.4, -0.2) is 6.54 Å². The molecule has 1 nitrogen and oxygen atoms in total. The van der Waals surface area contributed by atoms with Crippen LogP contribution in [0.4, 0.5) is 13.2 Å². The molecular formula is C8H7ClF3N. The van der Waals surface area contributed by atoms with Crippen molar-refractivity contribution in [1.82, 2.24) is 0 Å². The Morgan fingerprint density at radius 2 is 2.00 bits per heavy atom. The lowest BCUT2D eigenvalue weighted by Crippen LogP contribution is -2.25. The summed E-state index contributed by atoms with van der Waals surface area (Å²) >= 11 is 5.46. The van der Waals surface area contributed by atoms with E-state index in [1.54, 1.807) is 0 Å². The number of halogens is 4. The zero-order chi connectivity index (χ0) is 10.1. The predicted octanol–water partition coefficient (Wildman–Crippen LogP) is 2.53. The van der Waals surface area contributed by atoms with Gasteiger partial charge in [-0.2, -0.15) is 8.78 Å². The minimum atomic E-state index is -3.28. The minimum absolute atomic E-state index is 0.183. The molecule has 0 bridgehead atoms. The lowest BCUT2D eigenvalue weighted by Gasteiger charge is -2.15. The molecule has 1 aromatic rings. The molecule has 0 unspecified atom stereocenters. The topological polar surface area (TPSA) is 26.0 Å². The Hall–Kier alpha value is -0.740.